The summed E-state index contributed by atoms with van der Waals surface area (Å²) in [6.45, 7) is 4.39. The Morgan fingerprint density at radius 1 is 1.06 bits per heavy atom. The zero-order valence-corrected chi connectivity index (χ0v) is 11.7. The molecule has 0 aliphatic heterocycles. The Kier molecular flexibility index (Phi) is 2.16. The van der Waals surface area contributed by atoms with Crippen LogP contribution in [-0.4, -0.2) is 10.9 Å². The highest BCUT2D eigenvalue weighted by Gasteiger charge is 2.72. The second-order valence-electron chi connectivity index (χ2n) is 7.89. The minimum Gasteiger partial charge on any atom is -0.251 e. The van der Waals surface area contributed by atoms with Gasteiger partial charge in [-0.3, -0.25) is 5.26 Å². The van der Waals surface area contributed by atoms with Crippen LogP contribution in [0.15, 0.2) is 0 Å². The van der Waals surface area contributed by atoms with Gasteiger partial charge in [-0.05, 0) is 74.5 Å². The van der Waals surface area contributed by atoms with Crippen molar-refractivity contribution < 1.29 is 10.1 Å². The van der Waals surface area contributed by atoms with Crippen LogP contribution in [-0.2, 0) is 4.89 Å². The van der Waals surface area contributed by atoms with E-state index in [2.05, 4.69) is 13.8 Å². The van der Waals surface area contributed by atoms with Gasteiger partial charge in [-0.25, -0.2) is 4.89 Å². The fraction of sp³-hybridized carbons (Fsp3) is 1.00. The quantitative estimate of drug-likeness (QED) is 0.597. The molecule has 5 fully saturated rings. The Balaban J connectivity index is 1.74. The van der Waals surface area contributed by atoms with Gasteiger partial charge in [-0.15, -0.1) is 0 Å². The molecule has 0 saturated heterocycles. The number of hydrogen-bond acceptors (Lipinski definition) is 2. The monoisotopic (exact) mass is 250 g/mol. The molecule has 3 unspecified atom stereocenters. The summed E-state index contributed by atoms with van der Waals surface area (Å²) in [7, 11) is 0. The van der Waals surface area contributed by atoms with Crippen molar-refractivity contribution in [3.63, 3.8) is 0 Å². The van der Waals surface area contributed by atoms with Crippen molar-refractivity contribution in [1.82, 2.24) is 0 Å². The van der Waals surface area contributed by atoms with Gasteiger partial charge in [0, 0.05) is 5.41 Å². The molecular weight excluding hydrogens is 224 g/mol. The van der Waals surface area contributed by atoms with Crippen LogP contribution in [0.2, 0.25) is 0 Å². The Morgan fingerprint density at radius 2 is 1.78 bits per heavy atom. The van der Waals surface area contributed by atoms with E-state index >= 15 is 0 Å². The lowest BCUT2D eigenvalue weighted by molar-refractivity contribution is -0.359. The molecule has 1 spiro atoms. The Labute approximate surface area is 110 Å². The van der Waals surface area contributed by atoms with E-state index in [1.54, 1.807) is 0 Å². The lowest BCUT2D eigenvalue weighted by atomic mass is 9.42. The van der Waals surface area contributed by atoms with Crippen molar-refractivity contribution in [3.8, 4) is 0 Å². The molecule has 18 heavy (non-hydrogen) atoms. The lowest BCUT2D eigenvalue weighted by Crippen LogP contribution is -2.55. The zero-order valence-electron chi connectivity index (χ0n) is 11.7. The van der Waals surface area contributed by atoms with Gasteiger partial charge in [-0.1, -0.05) is 13.8 Å². The van der Waals surface area contributed by atoms with Crippen molar-refractivity contribution in [2.45, 2.75) is 70.8 Å². The van der Waals surface area contributed by atoms with E-state index in [1.165, 1.54) is 38.5 Å². The van der Waals surface area contributed by atoms with E-state index in [4.69, 9.17) is 4.89 Å². The predicted molar refractivity (Wildman–Crippen MR) is 70.1 cm³/mol. The third kappa shape index (κ3) is 1.06. The Morgan fingerprint density at radius 3 is 2.39 bits per heavy atom. The zero-order chi connectivity index (χ0) is 12.6. The van der Waals surface area contributed by atoms with Crippen LogP contribution in [0.5, 0.6) is 0 Å². The first-order valence-electron chi connectivity index (χ1n) is 7.95. The molecule has 0 heterocycles. The van der Waals surface area contributed by atoms with Crippen LogP contribution in [0, 0.1) is 28.6 Å². The van der Waals surface area contributed by atoms with Gasteiger partial charge < -0.3 is 0 Å². The van der Waals surface area contributed by atoms with Gasteiger partial charge in [0.15, 0.2) is 0 Å². The first-order valence-corrected chi connectivity index (χ1v) is 7.95. The summed E-state index contributed by atoms with van der Waals surface area (Å²) in [5.74, 6) is 2.87. The van der Waals surface area contributed by atoms with Crippen molar-refractivity contribution in [2.24, 2.45) is 28.6 Å². The average Bonchev–Trinajstić information content (AvgIpc) is 2.47. The maximum absolute atomic E-state index is 9.63. The predicted octanol–water partition coefficient (Wildman–Crippen LogP) is 4.25. The molecule has 0 amide bonds. The molecule has 0 aromatic rings. The summed E-state index contributed by atoms with van der Waals surface area (Å²) in [5.41, 5.74) is 0.791. The highest BCUT2D eigenvalue weighted by Crippen LogP contribution is 2.79. The molecule has 5 saturated carbocycles. The summed E-state index contributed by atoms with van der Waals surface area (Å²) in [6, 6.07) is 0. The van der Waals surface area contributed by atoms with E-state index in [9.17, 15) is 5.26 Å². The third-order valence-electron chi connectivity index (χ3n) is 7.64. The third-order valence-corrected chi connectivity index (χ3v) is 7.64. The normalized spacial score (nSPS) is 52.5. The number of hydrogen-bond donors (Lipinski definition) is 1. The van der Waals surface area contributed by atoms with Crippen molar-refractivity contribution in [3.05, 3.63) is 0 Å². The van der Waals surface area contributed by atoms with Gasteiger partial charge in [-0.2, -0.15) is 0 Å². The highest BCUT2D eigenvalue weighted by atomic mass is 17.1. The van der Waals surface area contributed by atoms with Crippen LogP contribution in [0.1, 0.15) is 65.2 Å². The molecule has 2 heteroatoms. The van der Waals surface area contributed by atoms with Crippen LogP contribution in [0.4, 0.5) is 0 Å². The minimum absolute atomic E-state index is 0.261. The Hall–Kier alpha value is -0.0800. The SMILES string of the molecule is CCC(CC)(OO)C12CC3CC4(C3)CC(C1)C4C2. The molecule has 2 nitrogen and oxygen atoms in total. The maximum atomic E-state index is 9.63. The van der Waals surface area contributed by atoms with Gasteiger partial charge >= 0.3 is 0 Å². The summed E-state index contributed by atoms with van der Waals surface area (Å²) < 4.78 is 0. The van der Waals surface area contributed by atoms with Crippen LogP contribution in [0.3, 0.4) is 0 Å². The molecule has 5 rings (SSSR count). The molecule has 102 valence electrons. The highest BCUT2D eigenvalue weighted by molar-refractivity contribution is 5.22. The van der Waals surface area contributed by atoms with Crippen molar-refractivity contribution >= 4 is 0 Å². The second-order valence-corrected chi connectivity index (χ2v) is 7.89. The largest absolute Gasteiger partial charge is 0.251 e. The summed E-state index contributed by atoms with van der Waals surface area (Å²) in [5, 5.41) is 9.63. The summed E-state index contributed by atoms with van der Waals surface area (Å²) >= 11 is 0. The van der Waals surface area contributed by atoms with E-state index < -0.39 is 0 Å². The fourth-order valence-electron chi connectivity index (χ4n) is 6.97. The molecule has 4 bridgehead atoms. The van der Waals surface area contributed by atoms with Gasteiger partial charge in [0.25, 0.3) is 0 Å². The molecule has 1 N–H and O–H groups in total. The van der Waals surface area contributed by atoms with Gasteiger partial charge in [0.2, 0.25) is 0 Å². The molecule has 0 radical (unpaired) electrons. The molecule has 0 aromatic carbocycles. The minimum atomic E-state index is -0.261. The van der Waals surface area contributed by atoms with E-state index in [0.717, 1.165) is 36.0 Å². The first-order chi connectivity index (χ1) is 8.62. The van der Waals surface area contributed by atoms with Crippen LogP contribution >= 0.6 is 0 Å². The van der Waals surface area contributed by atoms with Crippen molar-refractivity contribution in [2.75, 3.05) is 0 Å². The fourth-order valence-corrected chi connectivity index (χ4v) is 6.97. The maximum Gasteiger partial charge on any atom is 0.108 e. The standard InChI is InChI=1S/C16H26O2/c1-3-16(4-2,18-17)15-7-11-5-14(6-11)8-12(9-15)13(14)10-15/h11-13,17H,3-10H2,1-2H3. The van der Waals surface area contributed by atoms with Crippen molar-refractivity contribution in [1.29, 1.82) is 0 Å². The van der Waals surface area contributed by atoms with Gasteiger partial charge in [0.05, 0.1) is 0 Å². The van der Waals surface area contributed by atoms with Gasteiger partial charge in [0.1, 0.15) is 5.60 Å². The molecule has 0 aromatic heterocycles. The van der Waals surface area contributed by atoms with Crippen LogP contribution < -0.4 is 0 Å². The Bertz CT molecular complexity index is 354. The summed E-state index contributed by atoms with van der Waals surface area (Å²) in [4.78, 5) is 5.18. The van der Waals surface area contributed by atoms with E-state index in [-0.39, 0.29) is 5.60 Å². The molecular formula is C16H26O2. The molecule has 5 aliphatic carbocycles. The first kappa shape index (κ1) is 11.7. The average molecular weight is 250 g/mol. The van der Waals surface area contributed by atoms with E-state index in [0.29, 0.717) is 5.41 Å². The summed E-state index contributed by atoms with van der Waals surface area (Å²) in [6.07, 6.45) is 10.4. The van der Waals surface area contributed by atoms with E-state index in [1.807, 2.05) is 0 Å². The smallest absolute Gasteiger partial charge is 0.108 e. The second kappa shape index (κ2) is 3.32. The molecule has 3 atom stereocenters. The lowest BCUT2D eigenvalue weighted by Gasteiger charge is -2.63. The molecule has 5 aliphatic rings. The number of rotatable bonds is 4. The van der Waals surface area contributed by atoms with Crippen LogP contribution in [0.25, 0.3) is 0 Å². The topological polar surface area (TPSA) is 29.5 Å².